The molecule has 8 nitrogen and oxygen atoms in total. The summed E-state index contributed by atoms with van der Waals surface area (Å²) in [7, 11) is 5.98. The average Bonchev–Trinajstić information content (AvgIpc) is 1.39. The molecule has 0 radical (unpaired) electrons. The van der Waals surface area contributed by atoms with Gasteiger partial charge in [-0.15, -0.1) is 26.5 Å². The van der Waals surface area contributed by atoms with Crippen molar-refractivity contribution in [2.75, 3.05) is 0 Å². The van der Waals surface area contributed by atoms with Gasteiger partial charge >= 0.3 is 25.7 Å². The minimum absolute atomic E-state index is 0.275. The fourth-order valence-corrected chi connectivity index (χ4v) is 21.9. The quantitative estimate of drug-likeness (QED) is 0.113. The van der Waals surface area contributed by atoms with Crippen LogP contribution in [0.4, 0.5) is 17.6 Å². The summed E-state index contributed by atoms with van der Waals surface area (Å²) in [6.07, 6.45) is 17.4. The van der Waals surface area contributed by atoms with Crippen molar-refractivity contribution in [1.82, 2.24) is 18.3 Å². The maximum Gasteiger partial charge on any atom is 0.352 e. The van der Waals surface area contributed by atoms with E-state index in [0.717, 1.165) is 21.2 Å². The number of aryl methyl sites for hydroxylation is 4. The Morgan fingerprint density at radius 2 is 0.557 bits per heavy atom. The van der Waals surface area contributed by atoms with E-state index >= 15 is 0 Å². The molecule has 0 unspecified atom stereocenters. The molecule has 0 N–H and O–H groups in total. The summed E-state index contributed by atoms with van der Waals surface area (Å²) in [6.45, 7) is -2.42. The highest BCUT2D eigenvalue weighted by Gasteiger charge is 2.58. The van der Waals surface area contributed by atoms with E-state index in [1.807, 2.05) is 97.1 Å². The Labute approximate surface area is 514 Å². The number of benzene rings is 9. The summed E-state index contributed by atoms with van der Waals surface area (Å²) in [5, 5.41) is 4.11. The summed E-state index contributed by atoms with van der Waals surface area (Å²) in [5.74, 6) is -1.10. The lowest BCUT2D eigenvalue weighted by Gasteiger charge is -2.50. The molecule has 434 valence electrons. The molecule has 2 aliphatic rings. The van der Waals surface area contributed by atoms with Crippen LogP contribution in [0.15, 0.2) is 304 Å². The van der Waals surface area contributed by atoms with Gasteiger partial charge in [0, 0.05) is 0 Å². The van der Waals surface area contributed by atoms with Crippen LogP contribution in [0.1, 0.15) is 0 Å². The second kappa shape index (κ2) is 24.4. The van der Waals surface area contributed by atoms with E-state index in [4.69, 9.17) is 0 Å². The predicted octanol–water partition coefficient (Wildman–Crippen LogP) is 3.99. The largest absolute Gasteiger partial charge is 0.452 e. The third-order valence-electron chi connectivity index (χ3n) is 18.2. The van der Waals surface area contributed by atoms with Gasteiger partial charge in [0.1, 0.15) is 48.1 Å². The molecule has 0 spiro atoms. The Hall–Kier alpha value is -9.34. The van der Waals surface area contributed by atoms with Crippen LogP contribution in [0.2, 0.25) is 0 Å². The van der Waals surface area contributed by atoms with Crippen LogP contribution in [0, 0.1) is 23.3 Å². The second-order valence-corrected chi connectivity index (χ2v) is 28.1. The Kier molecular flexibility index (Phi) is 16.0. The first-order valence-corrected chi connectivity index (χ1v) is 32.6. The van der Waals surface area contributed by atoms with Crippen LogP contribution in [0.5, 0.6) is 0 Å². The molecule has 18 heteroatoms. The van der Waals surface area contributed by atoms with Crippen molar-refractivity contribution in [3.05, 3.63) is 328 Å². The molecule has 9 aromatic carbocycles. The van der Waals surface area contributed by atoms with Crippen LogP contribution in [-0.4, -0.2) is 44.0 Å². The number of nitrogens with zero attached hydrogens (tertiary/aromatic N) is 8. The van der Waals surface area contributed by atoms with Crippen molar-refractivity contribution in [2.45, 2.75) is 0 Å². The molecule has 88 heavy (non-hydrogen) atoms. The van der Waals surface area contributed by atoms with Crippen molar-refractivity contribution >= 4 is 107 Å². The smallest absolute Gasteiger partial charge is 0.352 e. The number of imidazole rings is 4. The second-order valence-electron chi connectivity index (χ2n) is 23.1. The molecule has 2 aliphatic heterocycles. The molecule has 0 saturated heterocycles. The summed E-state index contributed by atoms with van der Waals surface area (Å²) in [6, 6.07) is 78.7. The van der Waals surface area contributed by atoms with Gasteiger partial charge in [0.25, 0.3) is 0 Å². The van der Waals surface area contributed by atoms with Gasteiger partial charge in [0.05, 0.1) is 75.9 Å². The topological polar surface area (TPSA) is 35.2 Å². The maximum absolute atomic E-state index is 14.4. The molecule has 0 bridgehead atoms. The van der Waals surface area contributed by atoms with Crippen molar-refractivity contribution in [1.29, 1.82) is 0 Å². The van der Waals surface area contributed by atoms with Gasteiger partial charge in [0.2, 0.25) is 0 Å². The monoisotopic (exact) mass is 1200 g/mol. The van der Waals surface area contributed by atoms with Crippen molar-refractivity contribution < 1.29 is 35.5 Å². The van der Waals surface area contributed by atoms with E-state index < -0.39 is 41.3 Å². The lowest BCUT2D eigenvalue weighted by Crippen LogP contribution is -2.98. The highest BCUT2D eigenvalue weighted by Crippen LogP contribution is 2.44. The number of hydrogen-bond donors (Lipinski definition) is 0. The molecular weight excluding hydrogens is 1130 g/mol. The first-order valence-electron chi connectivity index (χ1n) is 29.8. The van der Waals surface area contributed by atoms with Crippen LogP contribution in [-0.2, 0) is 28.2 Å². The molecule has 4 atom stereocenters. The van der Waals surface area contributed by atoms with Crippen LogP contribution >= 0.6 is 15.6 Å². The molecule has 13 aromatic rings. The van der Waals surface area contributed by atoms with Crippen molar-refractivity contribution in [3.63, 3.8) is 0 Å². The first-order chi connectivity index (χ1) is 43.0. The summed E-state index contributed by atoms with van der Waals surface area (Å²) < 4.78 is 76.4. The van der Waals surface area contributed by atoms with Crippen LogP contribution < -0.4 is 83.9 Å². The van der Waals surface area contributed by atoms with Gasteiger partial charge in [-0.3, -0.25) is 18.3 Å². The first kappa shape index (κ1) is 57.7. The Bertz CT molecular complexity index is 4120. The minimum atomic E-state index is -1.77. The summed E-state index contributed by atoms with van der Waals surface area (Å²) in [4.78, 5) is 0. The minimum Gasteiger partial charge on any atom is -0.452 e. The van der Waals surface area contributed by atoms with E-state index in [1.54, 1.807) is 48.5 Å². The zero-order valence-corrected chi connectivity index (χ0v) is 51.2. The van der Waals surface area contributed by atoms with Gasteiger partial charge in [-0.2, -0.15) is 10.9 Å². The predicted molar refractivity (Wildman–Crippen MR) is 357 cm³/mol. The zero-order chi connectivity index (χ0) is 60.5. The number of halogens is 4. The lowest BCUT2D eigenvalue weighted by atomic mass is 9.43. The van der Waals surface area contributed by atoms with E-state index in [1.165, 1.54) is 44.7 Å². The average molecular weight is 1200 g/mol. The number of fused-ring (bicyclic) bond motifs is 4. The Morgan fingerprint density at radius 3 is 0.841 bits per heavy atom. The zero-order valence-electron chi connectivity index (χ0n) is 49.4. The molecule has 4 aromatic heterocycles. The molecule has 6 heterocycles. The molecule has 0 saturated carbocycles. The molecule has 0 aliphatic carbocycles. The van der Waals surface area contributed by atoms with Gasteiger partial charge in [-0.1, -0.05) is 227 Å². The van der Waals surface area contributed by atoms with Gasteiger partial charge < -0.3 is 17.9 Å². The maximum atomic E-state index is 14.4. The Morgan fingerprint density at radius 1 is 0.307 bits per heavy atom. The molecule has 0 fully saturated rings. The number of hydrogen-bond acceptors (Lipinski definition) is 0. The lowest BCUT2D eigenvalue weighted by molar-refractivity contribution is -0.571. The van der Waals surface area contributed by atoms with Gasteiger partial charge in [-0.05, 0) is 48.5 Å². The van der Waals surface area contributed by atoms with Crippen molar-refractivity contribution in [3.8, 4) is 0 Å². The van der Waals surface area contributed by atoms with E-state index in [0.29, 0.717) is 0 Å². The van der Waals surface area contributed by atoms with Gasteiger partial charge in [-0.25, -0.2) is 17.6 Å². The van der Waals surface area contributed by atoms with E-state index in [2.05, 4.69) is 223 Å². The van der Waals surface area contributed by atoms with Crippen LogP contribution in [0.3, 0.4) is 0 Å². The molecular formula is C70H64B4F4N8P2. The van der Waals surface area contributed by atoms with Crippen LogP contribution in [0.25, 0.3) is 0 Å². The fourth-order valence-electron chi connectivity index (χ4n) is 14.7. The van der Waals surface area contributed by atoms with Gasteiger partial charge in [0.15, 0.2) is 0 Å². The third kappa shape index (κ3) is 10.1. The third-order valence-corrected chi connectivity index (χ3v) is 24.7. The van der Waals surface area contributed by atoms with E-state index in [9.17, 15) is 17.6 Å². The summed E-state index contributed by atoms with van der Waals surface area (Å²) in [5.41, 5.74) is 9.70. The highest BCUT2D eigenvalue weighted by molar-refractivity contribution is 8.07. The fraction of sp³-hybridized carbons (Fsp3) is 0.0571. The molecule has 0 amide bonds. The highest BCUT2D eigenvalue weighted by atomic mass is 31.1. The van der Waals surface area contributed by atoms with E-state index in [-0.39, 0.29) is 23.3 Å². The Balaban J connectivity index is 0.000000148. The van der Waals surface area contributed by atoms with Crippen molar-refractivity contribution in [2.24, 2.45) is 28.2 Å². The summed E-state index contributed by atoms with van der Waals surface area (Å²) >= 11 is 0. The normalized spacial score (nSPS) is 17.2. The molecule has 15 rings (SSSR count). The number of rotatable bonds is 10. The standard InChI is InChI=1S/2C32H29B2F2N4P.C6H6/c2*1-37-22-24-40-31(37)33(25-9-5-3-6-10-25)39-23-21-38(2)32(39)34(40,26-11-7-4-8-12-26)41(29-17-13-27(35)14-18-29)30-19-15-28(36)16-20-30;1-2-4-6-5-3-1/h2*3-24,33H,1-2H3;1-6H/t2*33-,34-;/m10./s1. The SMILES string of the molecule is Cn1cc[n+]2c1[B@-](c1ccccc1)(P(c1ccc(F)cc1)c1ccc(F)cc1)[n+]1ccn(C)c1[B@@H-]2c1ccccc1.Cn1cc[n+]2c1[B@@-](c1ccccc1)(P(c1ccc(F)cc1)c1ccc(F)cc1)[n+]1ccn(C)c1[B@H-]2c1ccccc1.c1ccccc1. The number of aromatic nitrogens is 8.